The fraction of sp³-hybridized carbons (Fsp3) is 0.375. The molecule has 0 spiro atoms. The van der Waals surface area contributed by atoms with Crippen LogP contribution in [0.3, 0.4) is 0 Å². The lowest BCUT2D eigenvalue weighted by Crippen LogP contribution is -2.36. The number of benzene rings is 1. The Morgan fingerprint density at radius 3 is 2.53 bits per heavy atom. The number of oxazole rings is 1. The van der Waals surface area contributed by atoms with E-state index in [0.717, 1.165) is 36.1 Å². The molecule has 0 unspecified atom stereocenters. The van der Waals surface area contributed by atoms with Crippen molar-refractivity contribution in [1.29, 1.82) is 0 Å². The average molecular weight is 546 g/mol. The van der Waals surface area contributed by atoms with Gasteiger partial charge in [0.05, 0.1) is 12.2 Å². The first-order valence-corrected chi connectivity index (χ1v) is 11.0. The molecule has 8 heteroatoms. The number of anilines is 1. The summed E-state index contributed by atoms with van der Waals surface area (Å²) in [6, 6.07) is 14.1. The molecule has 0 saturated carbocycles. The zero-order valence-corrected chi connectivity index (χ0v) is 20.8. The third kappa shape index (κ3) is 6.69. The van der Waals surface area contributed by atoms with Gasteiger partial charge in [0.25, 0.3) is 0 Å². The standard InChI is InChI=1S/C24H30N6O.HI/c1-25-24(28-17-21-18-31-23(29-21)20-9-5-4-6-10-20)27-16-19-11-12-26-22(15-19)30-13-7-2-3-8-14-30;/h4-6,9-12,15,18H,2-3,7-8,13-14,16-17H2,1H3,(H2,25,27,28);1H. The third-order valence-corrected chi connectivity index (χ3v) is 5.43. The highest BCUT2D eigenvalue weighted by molar-refractivity contribution is 14.0. The molecule has 3 aromatic rings. The van der Waals surface area contributed by atoms with Gasteiger partial charge >= 0.3 is 0 Å². The highest BCUT2D eigenvalue weighted by Gasteiger charge is 2.12. The van der Waals surface area contributed by atoms with Gasteiger partial charge in [-0.05, 0) is 42.7 Å². The van der Waals surface area contributed by atoms with Crippen LogP contribution in [0.2, 0.25) is 0 Å². The third-order valence-electron chi connectivity index (χ3n) is 5.43. The van der Waals surface area contributed by atoms with Gasteiger partial charge in [-0.25, -0.2) is 9.97 Å². The number of aliphatic imine (C=N–C) groups is 1. The molecule has 4 rings (SSSR count). The van der Waals surface area contributed by atoms with Crippen molar-refractivity contribution >= 4 is 35.8 Å². The zero-order valence-electron chi connectivity index (χ0n) is 18.5. The Bertz CT molecular complexity index is 983. The summed E-state index contributed by atoms with van der Waals surface area (Å²) in [4.78, 5) is 15.9. The number of aromatic nitrogens is 2. The molecule has 0 radical (unpaired) electrons. The van der Waals surface area contributed by atoms with Crippen LogP contribution < -0.4 is 15.5 Å². The molecule has 0 bridgehead atoms. The molecular formula is C24H31IN6O. The van der Waals surface area contributed by atoms with Crippen LogP contribution in [-0.2, 0) is 13.1 Å². The summed E-state index contributed by atoms with van der Waals surface area (Å²) in [5, 5.41) is 6.67. The predicted molar refractivity (Wildman–Crippen MR) is 139 cm³/mol. The summed E-state index contributed by atoms with van der Waals surface area (Å²) >= 11 is 0. The van der Waals surface area contributed by atoms with Crippen molar-refractivity contribution in [1.82, 2.24) is 20.6 Å². The molecular weight excluding hydrogens is 515 g/mol. The molecule has 0 aliphatic carbocycles. The van der Waals surface area contributed by atoms with E-state index >= 15 is 0 Å². The summed E-state index contributed by atoms with van der Waals surface area (Å²) in [7, 11) is 1.77. The monoisotopic (exact) mass is 546 g/mol. The number of nitrogens with zero attached hydrogens (tertiary/aromatic N) is 4. The van der Waals surface area contributed by atoms with Crippen molar-refractivity contribution in [3.63, 3.8) is 0 Å². The van der Waals surface area contributed by atoms with Gasteiger partial charge in [0, 0.05) is 38.4 Å². The largest absolute Gasteiger partial charge is 0.444 e. The summed E-state index contributed by atoms with van der Waals surface area (Å²) in [6.07, 6.45) is 8.70. The van der Waals surface area contributed by atoms with Gasteiger partial charge in [-0.2, -0.15) is 0 Å². The summed E-state index contributed by atoms with van der Waals surface area (Å²) < 4.78 is 5.60. The highest BCUT2D eigenvalue weighted by Crippen LogP contribution is 2.19. The van der Waals surface area contributed by atoms with E-state index in [1.54, 1.807) is 13.3 Å². The fourth-order valence-electron chi connectivity index (χ4n) is 3.73. The van der Waals surface area contributed by atoms with Crippen LogP contribution in [0.4, 0.5) is 5.82 Å². The first-order chi connectivity index (χ1) is 15.3. The van der Waals surface area contributed by atoms with Gasteiger partial charge < -0.3 is 20.0 Å². The smallest absolute Gasteiger partial charge is 0.226 e. The Morgan fingerprint density at radius 1 is 1.03 bits per heavy atom. The van der Waals surface area contributed by atoms with E-state index in [0.29, 0.717) is 19.0 Å². The number of guanidine groups is 1. The minimum atomic E-state index is 0. The van der Waals surface area contributed by atoms with E-state index in [1.807, 2.05) is 42.6 Å². The molecule has 1 aliphatic heterocycles. The van der Waals surface area contributed by atoms with Crippen molar-refractivity contribution in [2.75, 3.05) is 25.0 Å². The Morgan fingerprint density at radius 2 is 1.78 bits per heavy atom. The number of halogens is 1. The van der Waals surface area contributed by atoms with Crippen LogP contribution in [0.5, 0.6) is 0 Å². The maximum absolute atomic E-state index is 5.60. The van der Waals surface area contributed by atoms with Crippen LogP contribution in [0, 0.1) is 0 Å². The predicted octanol–water partition coefficient (Wildman–Crippen LogP) is 4.60. The maximum Gasteiger partial charge on any atom is 0.226 e. The average Bonchev–Trinajstić information content (AvgIpc) is 3.13. The number of hydrogen-bond acceptors (Lipinski definition) is 5. The van der Waals surface area contributed by atoms with E-state index in [4.69, 9.17) is 4.42 Å². The van der Waals surface area contributed by atoms with Crippen LogP contribution in [0.1, 0.15) is 36.9 Å². The van der Waals surface area contributed by atoms with E-state index < -0.39 is 0 Å². The summed E-state index contributed by atoms with van der Waals surface area (Å²) in [5.74, 6) is 2.41. The van der Waals surface area contributed by atoms with Crippen molar-refractivity contribution < 1.29 is 4.42 Å². The Kier molecular flexibility index (Phi) is 9.33. The lowest BCUT2D eigenvalue weighted by molar-refractivity contribution is 0.572. The fourth-order valence-corrected chi connectivity index (χ4v) is 3.73. The summed E-state index contributed by atoms with van der Waals surface area (Å²) in [5.41, 5.74) is 2.98. The highest BCUT2D eigenvalue weighted by atomic mass is 127. The van der Waals surface area contributed by atoms with Gasteiger partial charge in [0.2, 0.25) is 5.89 Å². The van der Waals surface area contributed by atoms with Gasteiger partial charge in [-0.1, -0.05) is 31.0 Å². The normalized spacial score (nSPS) is 14.4. The molecule has 0 atom stereocenters. The minimum absolute atomic E-state index is 0. The van der Waals surface area contributed by atoms with Crippen molar-refractivity contribution in [3.05, 3.63) is 66.2 Å². The molecule has 32 heavy (non-hydrogen) atoms. The lowest BCUT2D eigenvalue weighted by atomic mass is 10.2. The van der Waals surface area contributed by atoms with E-state index in [-0.39, 0.29) is 24.0 Å². The Balaban J connectivity index is 0.00000289. The zero-order chi connectivity index (χ0) is 21.3. The van der Waals surface area contributed by atoms with Crippen LogP contribution in [0.25, 0.3) is 11.5 Å². The Labute approximate surface area is 206 Å². The van der Waals surface area contributed by atoms with Gasteiger partial charge in [0.15, 0.2) is 5.96 Å². The van der Waals surface area contributed by atoms with E-state index in [1.165, 1.54) is 31.2 Å². The molecule has 2 aromatic heterocycles. The lowest BCUT2D eigenvalue weighted by Gasteiger charge is -2.22. The maximum atomic E-state index is 5.60. The van der Waals surface area contributed by atoms with E-state index in [2.05, 4.69) is 36.6 Å². The summed E-state index contributed by atoms with van der Waals surface area (Å²) in [6.45, 7) is 3.40. The Hall–Kier alpha value is -2.62. The number of hydrogen-bond donors (Lipinski definition) is 2. The molecule has 1 fully saturated rings. The van der Waals surface area contributed by atoms with Crippen LogP contribution in [0.15, 0.2) is 64.3 Å². The topological polar surface area (TPSA) is 78.6 Å². The molecule has 3 heterocycles. The van der Waals surface area contributed by atoms with Gasteiger partial charge in [-0.15, -0.1) is 24.0 Å². The number of rotatable bonds is 6. The molecule has 2 N–H and O–H groups in total. The molecule has 170 valence electrons. The van der Waals surface area contributed by atoms with Gasteiger partial charge in [0.1, 0.15) is 12.1 Å². The second-order valence-electron chi connectivity index (χ2n) is 7.71. The second kappa shape index (κ2) is 12.4. The molecule has 7 nitrogen and oxygen atoms in total. The van der Waals surface area contributed by atoms with E-state index in [9.17, 15) is 0 Å². The molecule has 1 aliphatic rings. The van der Waals surface area contributed by atoms with Crippen LogP contribution in [-0.4, -0.2) is 36.1 Å². The second-order valence-corrected chi connectivity index (χ2v) is 7.71. The van der Waals surface area contributed by atoms with Crippen molar-refractivity contribution in [2.45, 2.75) is 38.8 Å². The van der Waals surface area contributed by atoms with Crippen LogP contribution >= 0.6 is 24.0 Å². The van der Waals surface area contributed by atoms with Crippen molar-refractivity contribution in [3.8, 4) is 11.5 Å². The number of nitrogens with one attached hydrogen (secondary N) is 2. The quantitative estimate of drug-likeness (QED) is 0.268. The SMILES string of the molecule is CN=C(NCc1ccnc(N2CCCCCC2)c1)NCc1coc(-c2ccccc2)n1.I. The first-order valence-electron chi connectivity index (χ1n) is 11.0. The molecule has 0 amide bonds. The number of pyridine rings is 1. The van der Waals surface area contributed by atoms with Crippen molar-refractivity contribution in [2.24, 2.45) is 4.99 Å². The molecule has 1 aromatic carbocycles. The molecule has 1 saturated heterocycles. The van der Waals surface area contributed by atoms with Gasteiger partial charge in [-0.3, -0.25) is 4.99 Å². The minimum Gasteiger partial charge on any atom is -0.444 e. The first kappa shape index (κ1) is 24.0.